The van der Waals surface area contributed by atoms with Crippen molar-refractivity contribution in [3.05, 3.63) is 134 Å². The first-order valence-electron chi connectivity index (χ1n) is 37.0. The fourth-order valence-electron chi connectivity index (χ4n) is 18.9. The van der Waals surface area contributed by atoms with Gasteiger partial charge in [-0.3, -0.25) is 38.3 Å². The number of benzene rings is 3. The third kappa shape index (κ3) is 17.3. The highest BCUT2D eigenvalue weighted by Gasteiger charge is 2.65. The summed E-state index contributed by atoms with van der Waals surface area (Å²) < 4.78 is 80.5. The number of aromatic nitrogens is 3. The van der Waals surface area contributed by atoms with Crippen molar-refractivity contribution >= 4 is 163 Å². The van der Waals surface area contributed by atoms with Crippen molar-refractivity contribution in [3.8, 4) is 5.75 Å². The number of halogens is 6. The van der Waals surface area contributed by atoms with Gasteiger partial charge in [0.15, 0.2) is 4.84 Å². The van der Waals surface area contributed by atoms with Crippen LogP contribution in [0.1, 0.15) is 155 Å². The average Bonchev–Trinajstić information content (AvgIpc) is 1.50. The molecule has 18 nitrogen and oxygen atoms in total. The summed E-state index contributed by atoms with van der Waals surface area (Å²) in [6, 6.07) is 17.6. The summed E-state index contributed by atoms with van der Waals surface area (Å²) in [6.07, 6.45) is 8.46. The molecule has 31 heteroatoms. The molecule has 606 valence electrons. The zero-order chi connectivity index (χ0) is 81.9. The Morgan fingerprint density at radius 3 is 1.31 bits per heavy atom. The fourth-order valence-corrected chi connectivity index (χ4v) is 19.2. The lowest BCUT2D eigenvalue weighted by molar-refractivity contribution is -0.169. The van der Waals surface area contributed by atoms with Gasteiger partial charge in [-0.1, -0.05) is 110 Å². The molecule has 2 N–H and O–H groups in total. The molecule has 3 aromatic heterocycles. The number of esters is 3. The molecule has 12 unspecified atom stereocenters. The van der Waals surface area contributed by atoms with Crippen LogP contribution in [-0.4, -0.2) is 178 Å². The first-order valence-corrected chi connectivity index (χ1v) is 43.9. The summed E-state index contributed by atoms with van der Waals surface area (Å²) in [6.45, 7) is 27.3. The minimum atomic E-state index is -4.92. The second-order valence-corrected chi connectivity index (χ2v) is 37.3. The van der Waals surface area contributed by atoms with Crippen molar-refractivity contribution in [1.82, 2.24) is 28.8 Å². The summed E-state index contributed by atoms with van der Waals surface area (Å²) in [5, 5.41) is 13.4. The Morgan fingerprint density at radius 2 is 0.946 bits per heavy atom. The molecule has 12 aliphatic rings. The van der Waals surface area contributed by atoms with Crippen LogP contribution in [-0.2, 0) is 150 Å². The number of hydrogen-bond donors (Lipinski definition) is 2. The van der Waals surface area contributed by atoms with E-state index in [0.717, 1.165) is 137 Å². The lowest BCUT2D eigenvalue weighted by Gasteiger charge is -2.54. The Balaban J connectivity index is 0.000000189. The molecule has 12 heterocycles. The summed E-state index contributed by atoms with van der Waals surface area (Å²) in [4.78, 5) is 87.1. The number of aryl methyl sites for hydroxylation is 2. The van der Waals surface area contributed by atoms with E-state index in [4.69, 9.17) is 25.1 Å². The van der Waals surface area contributed by atoms with Crippen molar-refractivity contribution < 1.29 is 76.5 Å². The zero-order valence-corrected chi connectivity index (χ0v) is 71.3. The number of carbonyl (C=O) groups is 6. The number of nitrogens with zero attached hydrogens (tertiary/aromatic N) is 5. The van der Waals surface area contributed by atoms with E-state index in [-0.39, 0.29) is 61.0 Å². The van der Waals surface area contributed by atoms with E-state index in [2.05, 4.69) is 165 Å². The zero-order valence-electron chi connectivity index (χ0n) is 65.1. The molecular weight excluding hydrogens is 1610 g/mol. The number of Topliss-reactive ketones (excluding diaryl/α,β-unsaturated/α-hetero) is 1. The van der Waals surface area contributed by atoms with Crippen LogP contribution in [0, 0.1) is 31.6 Å². The number of carbonyl (C=O) groups excluding carboxylic acids is 6. The summed E-state index contributed by atoms with van der Waals surface area (Å²) in [5.41, 5.74) is 10.8. The Morgan fingerprint density at radius 1 is 0.595 bits per heavy atom. The Hall–Kier alpha value is -5.96. The number of hydrogen-bond acceptors (Lipinski definition) is 19. The second kappa shape index (κ2) is 36.5. The number of nitrogens with one attached hydrogen (secondary N) is 1. The molecule has 9 aliphatic heterocycles. The van der Waals surface area contributed by atoms with E-state index in [1.807, 2.05) is 53.7 Å². The van der Waals surface area contributed by atoms with Crippen molar-refractivity contribution in [2.75, 3.05) is 67.8 Å². The number of aromatic amines is 1. The van der Waals surface area contributed by atoms with Gasteiger partial charge in [0.05, 0.1) is 70.4 Å². The summed E-state index contributed by atoms with van der Waals surface area (Å²) in [7, 11) is 6.69. The maximum atomic E-state index is 13.8. The van der Waals surface area contributed by atoms with Crippen LogP contribution in [0.3, 0.4) is 0 Å². The molecule has 12 atom stereocenters. The van der Waals surface area contributed by atoms with E-state index in [1.54, 1.807) is 27.3 Å². The van der Waals surface area contributed by atoms with Crippen LogP contribution in [0.4, 0.5) is 27.2 Å². The number of fused-ring (bicyclic) bond motifs is 9. The number of aromatic hydroxyl groups is 1. The number of phenolic OH excluding ortho intramolecular Hbond substituents is 1. The smallest absolute Gasteiger partial charge is 0.452 e. The molecule has 0 spiro atoms. The molecule has 12 bridgehead atoms. The highest BCUT2D eigenvalue weighted by molar-refractivity contribution is 8.51. The predicted octanol–water partition coefficient (Wildman–Crippen LogP) is 15.5. The molecule has 6 aromatic rings. The van der Waals surface area contributed by atoms with E-state index in [9.17, 15) is 51.4 Å². The van der Waals surface area contributed by atoms with Crippen molar-refractivity contribution in [2.24, 2.45) is 17.8 Å². The number of ketones is 1. The summed E-state index contributed by atoms with van der Waals surface area (Å²) in [5.74, 6) is -1.78. The molecule has 18 rings (SSSR count). The largest absolute Gasteiger partial charge is 0.508 e. The highest BCUT2D eigenvalue weighted by Crippen LogP contribution is 2.58. The SMILES string of the molecule is C.CCC1=CC2CN3CCc4c([nH]c5ccc(C)cc45)C(C(=O)OC)(C2)C13.CCC1=CC2CN3CCc4c(n(C(=O)OC(C)(C)C)c5ccc(C)cc45)C(C(=O)OC)(C2)C13.CCC1=CC2CN3CCc4c(n(C(=O)OC(C)(C)C)c5ccc(O)cc45)C(C(=O)OC)(C2)C13.O=C(C(Cl)Cl)C(F)(F)F.S=S=S.S=S=S=S.[2H]CF. The Kier molecular flexibility index (Phi) is 29.2. The number of piperidine rings is 3. The third-order valence-corrected chi connectivity index (χ3v) is 24.8. The van der Waals surface area contributed by atoms with Gasteiger partial charge < -0.3 is 33.8 Å². The van der Waals surface area contributed by atoms with Crippen molar-refractivity contribution in [1.29, 1.82) is 0 Å². The molecule has 3 fully saturated rings. The number of rotatable bonds is 7. The van der Waals surface area contributed by atoms with Gasteiger partial charge in [-0.25, -0.2) is 18.7 Å². The van der Waals surface area contributed by atoms with Gasteiger partial charge in [0, 0.05) is 138 Å². The number of H-pyrrole nitrogens is 1. The number of methoxy groups -OCH3 is 3. The number of alkyl halides is 6. The minimum Gasteiger partial charge on any atom is -0.508 e. The average molecular weight is 1710 g/mol. The van der Waals surface area contributed by atoms with Gasteiger partial charge in [-0.05, 0) is 190 Å². The fraction of sp³-hybridized carbons (Fsp3) is 0.550. The van der Waals surface area contributed by atoms with Crippen molar-refractivity contribution in [3.63, 3.8) is 0 Å². The topological polar surface area (TPSA) is 204 Å². The Labute approximate surface area is 687 Å². The first kappa shape index (κ1) is 89.0. The third-order valence-electron chi connectivity index (χ3n) is 22.2. The van der Waals surface area contributed by atoms with E-state index in [1.165, 1.54) is 72.3 Å². The van der Waals surface area contributed by atoms with Crippen LogP contribution in [0.25, 0.3) is 32.7 Å². The molecular formula is C80H100Cl2F4N6O12S7. The molecule has 3 saturated heterocycles. The van der Waals surface area contributed by atoms with Gasteiger partial charge >= 0.3 is 36.3 Å². The van der Waals surface area contributed by atoms with Crippen LogP contribution < -0.4 is 0 Å². The number of phenols is 1. The minimum absolute atomic E-state index is 0. The lowest BCUT2D eigenvalue weighted by Crippen LogP contribution is -2.64. The monoisotopic (exact) mass is 1710 g/mol. The van der Waals surface area contributed by atoms with Gasteiger partial charge in [0.25, 0.3) is 5.78 Å². The standard InChI is InChI=1S/C27H34N2O4.C26H32N2O5.C22H26N2O2.C3HCl2F3O.CH3F.CH4.S4.S3/c1-7-18-13-17-14-27(24(30)32-6)22(18)28(15-17)11-10-19-20-12-16(2)8-9-21(20)29(23(19)27)25(31)33-26(3,4)5;1-6-16-11-15-13-26(23(30)32-5)21(16)27(14-15)10-9-18-19-12-17(29)7-8-20(19)28(22(18)26)24(31)33-25(2,3)4;1-4-15-10-14-11-22(21(25)26-3)19-16(7-8-24(12-14)20(15)22)17-9-13(2)5-6-18(17)23-19;4-2(5)1(9)3(6,7)8;1-2;;1-3-4-2;1-3-2/h8-9,12-13,17,22H,7,10-11,14-15H2,1-6H3;7-8,11-12,15,21,29H,6,9-10,13-14H2,1-5H3;5-6,9-10,14,20,23H,4,7-8,11-12H2,1-3H3;2H;1H3;1H4;;/i;;;;1D;;;. The predicted molar refractivity (Wildman–Crippen MR) is 446 cm³/mol. The van der Waals surface area contributed by atoms with E-state index >= 15 is 0 Å². The van der Waals surface area contributed by atoms with Crippen LogP contribution in [0.15, 0.2) is 89.5 Å². The molecule has 3 aromatic carbocycles. The van der Waals surface area contributed by atoms with Gasteiger partial charge in [0.1, 0.15) is 33.2 Å². The summed E-state index contributed by atoms with van der Waals surface area (Å²) >= 11 is 26.1. The van der Waals surface area contributed by atoms with Gasteiger partial charge in [-0.2, -0.15) is 13.2 Å². The van der Waals surface area contributed by atoms with E-state index in [0.29, 0.717) is 36.4 Å². The lowest BCUT2D eigenvalue weighted by atomic mass is 9.60. The molecule has 111 heavy (non-hydrogen) atoms. The highest BCUT2D eigenvalue weighted by atomic mass is 35.5. The Bertz CT molecular complexity index is 4630. The van der Waals surface area contributed by atoms with Crippen LogP contribution in [0.2, 0.25) is 0 Å². The van der Waals surface area contributed by atoms with Crippen molar-refractivity contribution in [2.45, 2.75) is 198 Å². The quantitative estimate of drug-likeness (QED) is 0.0501. The maximum Gasteiger partial charge on any atom is 0.452 e. The van der Waals surface area contributed by atoms with Gasteiger partial charge in [-0.15, -0.1) is 0 Å². The molecule has 3 aliphatic carbocycles. The second-order valence-electron chi connectivity index (χ2n) is 30.9. The number of ether oxygens (including phenoxy) is 5. The normalized spacial score (nSPS) is 25.7. The van der Waals surface area contributed by atoms with Gasteiger partial charge in [0.2, 0.25) is 0 Å². The van der Waals surface area contributed by atoms with Crippen LogP contribution in [0.5, 0.6) is 5.75 Å². The van der Waals surface area contributed by atoms with E-state index < -0.39 is 63.6 Å². The first-order chi connectivity index (χ1) is 52.4. The molecule has 0 saturated carbocycles. The molecule has 0 radical (unpaired) electrons. The maximum absolute atomic E-state index is 13.8. The molecule has 0 amide bonds. The van der Waals surface area contributed by atoms with Crippen LogP contribution >= 0.6 is 23.2 Å².